The molecule has 7 nitrogen and oxygen atoms in total. The van der Waals surface area contributed by atoms with E-state index in [1.165, 1.54) is 18.5 Å². The molecular weight excluding hydrogens is 469 g/mol. The lowest BCUT2D eigenvalue weighted by molar-refractivity contribution is -0.387. The molecule has 11 heteroatoms. The number of benzene rings is 1. The zero-order chi connectivity index (χ0) is 21.7. The van der Waals surface area contributed by atoms with Crippen molar-refractivity contribution in [2.45, 2.75) is 15.5 Å². The van der Waals surface area contributed by atoms with Gasteiger partial charge in [-0.1, -0.05) is 53.2 Å². The average Bonchev–Trinajstić information content (AvgIpc) is 3.15. The minimum absolute atomic E-state index is 0.177. The number of aromatic nitrogens is 1. The number of nitrogens with zero attached hydrogens (tertiary/aromatic N) is 2. The van der Waals surface area contributed by atoms with Gasteiger partial charge in [0.2, 0.25) is 0 Å². The molecule has 1 amide bonds. The Kier molecular flexibility index (Phi) is 7.54. The number of amides is 1. The molecule has 2 aromatic heterocycles. The lowest BCUT2D eigenvalue weighted by Crippen LogP contribution is -2.24. The number of hydrogen-bond acceptors (Lipinski definition) is 7. The molecule has 0 spiro atoms. The van der Waals surface area contributed by atoms with E-state index in [0.29, 0.717) is 22.1 Å². The zero-order valence-corrected chi connectivity index (χ0v) is 18.7. The van der Waals surface area contributed by atoms with E-state index in [1.807, 2.05) is 24.3 Å². The molecule has 3 aromatic rings. The maximum Gasteiger partial charge on any atom is 0.294 e. The quantitative estimate of drug-likeness (QED) is 0.336. The summed E-state index contributed by atoms with van der Waals surface area (Å²) in [7, 11) is 1.59. The summed E-state index contributed by atoms with van der Waals surface area (Å²) in [6, 6.07) is 8.78. The van der Waals surface area contributed by atoms with Crippen LogP contribution < -0.4 is 10.1 Å². The molecule has 2 heterocycles. The Morgan fingerprint density at radius 3 is 2.67 bits per heavy atom. The monoisotopic (exact) mass is 483 g/mol. The highest BCUT2D eigenvalue weighted by Gasteiger charge is 2.24. The fraction of sp³-hybridized carbons (Fsp3) is 0.158. The molecule has 0 aliphatic rings. The molecule has 1 N–H and O–H groups in total. The van der Waals surface area contributed by atoms with Gasteiger partial charge in [-0.05, 0) is 18.1 Å². The summed E-state index contributed by atoms with van der Waals surface area (Å²) >= 11 is 14.3. The third kappa shape index (κ3) is 5.23. The molecule has 0 atom stereocenters. The Bertz CT molecular complexity index is 1070. The van der Waals surface area contributed by atoms with Crippen molar-refractivity contribution >= 4 is 57.9 Å². The maximum atomic E-state index is 12.5. The van der Waals surface area contributed by atoms with E-state index in [-0.39, 0.29) is 20.6 Å². The van der Waals surface area contributed by atoms with Gasteiger partial charge in [-0.3, -0.25) is 19.9 Å². The largest absolute Gasteiger partial charge is 0.496 e. The van der Waals surface area contributed by atoms with Gasteiger partial charge in [-0.25, -0.2) is 0 Å². The van der Waals surface area contributed by atoms with Gasteiger partial charge in [0.25, 0.3) is 11.6 Å². The van der Waals surface area contributed by atoms with Crippen LogP contribution >= 0.6 is 46.3 Å². The van der Waals surface area contributed by atoms with Gasteiger partial charge < -0.3 is 10.1 Å². The van der Waals surface area contributed by atoms with Gasteiger partial charge in [0.1, 0.15) is 14.8 Å². The maximum absolute atomic E-state index is 12.5. The average molecular weight is 484 g/mol. The molecule has 156 valence electrons. The van der Waals surface area contributed by atoms with E-state index in [9.17, 15) is 14.9 Å². The molecule has 0 bridgehead atoms. The summed E-state index contributed by atoms with van der Waals surface area (Å²) in [6.07, 6.45) is 3.37. The predicted octanol–water partition coefficient (Wildman–Crippen LogP) is 5.49. The summed E-state index contributed by atoms with van der Waals surface area (Å²) in [6.45, 7) is 0.357. The molecule has 0 aliphatic heterocycles. The Morgan fingerprint density at radius 1 is 1.30 bits per heavy atom. The van der Waals surface area contributed by atoms with E-state index in [2.05, 4.69) is 10.3 Å². The minimum atomic E-state index is -0.534. The first-order chi connectivity index (χ1) is 14.4. The summed E-state index contributed by atoms with van der Waals surface area (Å²) in [4.78, 5) is 28.0. The second-order valence-corrected chi connectivity index (χ2v) is 9.04. The molecule has 0 unspecified atom stereocenters. The number of methoxy groups -OCH3 is 1. The Morgan fingerprint density at radius 2 is 2.00 bits per heavy atom. The van der Waals surface area contributed by atoms with E-state index in [4.69, 9.17) is 27.9 Å². The third-order valence-corrected chi connectivity index (χ3v) is 7.23. The Hall–Kier alpha value is -2.33. The van der Waals surface area contributed by atoms with Crippen molar-refractivity contribution in [2.24, 2.45) is 0 Å². The highest BCUT2D eigenvalue weighted by molar-refractivity contribution is 8.01. The molecule has 30 heavy (non-hydrogen) atoms. The Labute approximate surface area is 190 Å². The van der Waals surface area contributed by atoms with E-state index < -0.39 is 10.8 Å². The minimum Gasteiger partial charge on any atom is -0.496 e. The number of rotatable bonds is 8. The topological polar surface area (TPSA) is 94.4 Å². The zero-order valence-electron chi connectivity index (χ0n) is 15.6. The first-order valence-corrected chi connectivity index (χ1v) is 10.9. The number of nitro groups is 1. The smallest absolute Gasteiger partial charge is 0.294 e. The van der Waals surface area contributed by atoms with Crippen molar-refractivity contribution in [3.63, 3.8) is 0 Å². The molecule has 0 fully saturated rings. The summed E-state index contributed by atoms with van der Waals surface area (Å²) < 4.78 is 5.60. The van der Waals surface area contributed by atoms with Gasteiger partial charge in [0.05, 0.1) is 27.0 Å². The van der Waals surface area contributed by atoms with Crippen LogP contribution in [0, 0.1) is 10.1 Å². The molecule has 0 saturated carbocycles. The van der Waals surface area contributed by atoms with Crippen LogP contribution in [0.4, 0.5) is 5.69 Å². The van der Waals surface area contributed by atoms with Gasteiger partial charge >= 0.3 is 0 Å². The molecule has 1 aromatic carbocycles. The van der Waals surface area contributed by atoms with Crippen molar-refractivity contribution in [3.8, 4) is 5.75 Å². The summed E-state index contributed by atoms with van der Waals surface area (Å²) in [5.41, 5.74) is 0.777. The fourth-order valence-corrected chi connectivity index (χ4v) is 5.35. The number of carbonyl (C=O) groups is 1. The van der Waals surface area contributed by atoms with Crippen LogP contribution in [-0.4, -0.2) is 29.5 Å². The number of ether oxygens (including phenoxy) is 1. The van der Waals surface area contributed by atoms with Crippen molar-refractivity contribution in [1.29, 1.82) is 0 Å². The molecular formula is C19H15Cl2N3O4S2. The number of para-hydroxylation sites is 1. The Balaban J connectivity index is 1.74. The van der Waals surface area contributed by atoms with Crippen LogP contribution in [0.15, 0.2) is 51.8 Å². The molecule has 3 rings (SSSR count). The number of thiophene rings is 1. The van der Waals surface area contributed by atoms with Gasteiger partial charge in [-0.2, -0.15) is 0 Å². The van der Waals surface area contributed by atoms with Crippen LogP contribution in [-0.2, 0) is 6.42 Å². The van der Waals surface area contributed by atoms with E-state index in [1.54, 1.807) is 7.11 Å². The highest BCUT2D eigenvalue weighted by atomic mass is 35.5. The van der Waals surface area contributed by atoms with E-state index >= 15 is 0 Å². The van der Waals surface area contributed by atoms with Gasteiger partial charge in [0, 0.05) is 25.0 Å². The normalized spacial score (nSPS) is 10.6. The van der Waals surface area contributed by atoms with E-state index in [0.717, 1.165) is 34.4 Å². The number of carbonyl (C=O) groups excluding carboxylic acids is 1. The molecule has 0 aliphatic carbocycles. The SMILES string of the molecule is COc1ccccc1CCNC(=O)c1cc([N+](=O)[O-])c(Sc2c(Cl)cncc2Cl)s1. The molecule has 0 saturated heterocycles. The number of pyridine rings is 1. The van der Waals surface area contributed by atoms with Crippen molar-refractivity contribution < 1.29 is 14.5 Å². The summed E-state index contributed by atoms with van der Waals surface area (Å²) in [5.74, 6) is 0.347. The van der Waals surface area contributed by atoms with Crippen LogP contribution in [0.2, 0.25) is 10.0 Å². The van der Waals surface area contributed by atoms with Gasteiger partial charge in [-0.15, -0.1) is 11.3 Å². The van der Waals surface area contributed by atoms with Gasteiger partial charge in [0.15, 0.2) is 0 Å². The lowest BCUT2D eigenvalue weighted by Gasteiger charge is -2.08. The van der Waals surface area contributed by atoms with Crippen molar-refractivity contribution in [3.05, 3.63) is 73.3 Å². The van der Waals surface area contributed by atoms with Crippen LogP contribution in [0.5, 0.6) is 5.75 Å². The van der Waals surface area contributed by atoms with Crippen molar-refractivity contribution in [2.75, 3.05) is 13.7 Å². The van der Waals surface area contributed by atoms with Crippen LogP contribution in [0.1, 0.15) is 15.2 Å². The second-order valence-electron chi connectivity index (χ2n) is 5.89. The number of nitrogens with one attached hydrogen (secondary N) is 1. The van der Waals surface area contributed by atoms with Crippen molar-refractivity contribution in [1.82, 2.24) is 10.3 Å². The third-order valence-electron chi connectivity index (χ3n) is 3.98. The number of hydrogen-bond donors (Lipinski definition) is 1. The first-order valence-electron chi connectivity index (χ1n) is 8.56. The second kappa shape index (κ2) is 10.1. The number of halogens is 2. The molecule has 0 radical (unpaired) electrons. The first kappa shape index (κ1) is 22.4. The lowest BCUT2D eigenvalue weighted by atomic mass is 10.1. The predicted molar refractivity (Wildman–Crippen MR) is 118 cm³/mol. The fourth-order valence-electron chi connectivity index (χ4n) is 2.57. The highest BCUT2D eigenvalue weighted by Crippen LogP contribution is 2.45. The van der Waals surface area contributed by atoms with Crippen LogP contribution in [0.25, 0.3) is 0 Å². The van der Waals surface area contributed by atoms with Crippen LogP contribution in [0.3, 0.4) is 0 Å². The summed E-state index contributed by atoms with van der Waals surface area (Å²) in [5, 5.41) is 14.8. The standard InChI is InChI=1S/C19H15Cl2N3O4S2/c1-28-15-5-3-2-4-11(15)6-7-23-18(25)16-8-14(24(26)27)19(29-16)30-17-12(20)9-22-10-13(17)21/h2-5,8-10H,6-7H2,1H3,(H,23,25).